The van der Waals surface area contributed by atoms with Crippen LogP contribution in [0.25, 0.3) is 0 Å². The zero-order valence-electron chi connectivity index (χ0n) is 12.3. The summed E-state index contributed by atoms with van der Waals surface area (Å²) in [4.78, 5) is 8.86. The van der Waals surface area contributed by atoms with E-state index in [0.29, 0.717) is 5.95 Å². The van der Waals surface area contributed by atoms with Crippen LogP contribution in [0, 0.1) is 0 Å². The predicted octanol–water partition coefficient (Wildman–Crippen LogP) is 2.88. The summed E-state index contributed by atoms with van der Waals surface area (Å²) in [7, 11) is 0. The third-order valence-corrected chi connectivity index (χ3v) is 3.25. The van der Waals surface area contributed by atoms with E-state index in [0.717, 1.165) is 31.1 Å². The summed E-state index contributed by atoms with van der Waals surface area (Å²) in [6.07, 6.45) is 1.72. The first kappa shape index (κ1) is 14.2. The molecule has 0 saturated heterocycles. The van der Waals surface area contributed by atoms with Gasteiger partial charge in [0.15, 0.2) is 5.82 Å². The van der Waals surface area contributed by atoms with Crippen LogP contribution in [-0.4, -0.2) is 34.8 Å². The Hall–Kier alpha value is -2.17. The highest BCUT2D eigenvalue weighted by molar-refractivity contribution is 5.57. The van der Waals surface area contributed by atoms with E-state index in [4.69, 9.17) is 0 Å². The summed E-state index contributed by atoms with van der Waals surface area (Å²) in [6, 6.07) is 10.1. The Morgan fingerprint density at radius 2 is 1.65 bits per heavy atom. The fourth-order valence-electron chi connectivity index (χ4n) is 2.15. The topological polar surface area (TPSA) is 45.2 Å². The maximum atomic E-state index is 4.64. The number of hydrogen-bond donors (Lipinski definition) is 0. The fourth-order valence-corrected chi connectivity index (χ4v) is 2.15. The Balaban J connectivity index is 2.33. The van der Waals surface area contributed by atoms with E-state index in [1.807, 2.05) is 18.2 Å². The summed E-state index contributed by atoms with van der Waals surface area (Å²) in [5.74, 6) is 1.51. The zero-order chi connectivity index (χ0) is 14.4. The maximum Gasteiger partial charge on any atom is 0.251 e. The molecule has 5 heteroatoms. The molecule has 2 aromatic rings. The number of benzene rings is 1. The molecule has 0 radical (unpaired) electrons. The first-order chi connectivity index (χ1) is 9.80. The minimum Gasteiger partial charge on any atom is -0.356 e. The highest BCUT2D eigenvalue weighted by Gasteiger charge is 2.13. The summed E-state index contributed by atoms with van der Waals surface area (Å²) >= 11 is 0. The second kappa shape index (κ2) is 6.84. The van der Waals surface area contributed by atoms with Gasteiger partial charge in [0.05, 0.1) is 6.20 Å². The molecule has 0 aliphatic carbocycles. The van der Waals surface area contributed by atoms with Gasteiger partial charge >= 0.3 is 0 Å². The molecule has 0 atom stereocenters. The monoisotopic (exact) mass is 271 g/mol. The predicted molar refractivity (Wildman–Crippen MR) is 82.5 cm³/mol. The Bertz CT molecular complexity index is 525. The van der Waals surface area contributed by atoms with Crippen molar-refractivity contribution < 1.29 is 0 Å². The van der Waals surface area contributed by atoms with E-state index < -0.39 is 0 Å². The highest BCUT2D eigenvalue weighted by atomic mass is 15.3. The molecule has 5 nitrogen and oxygen atoms in total. The van der Waals surface area contributed by atoms with Crippen molar-refractivity contribution in [1.29, 1.82) is 0 Å². The molecule has 0 amide bonds. The lowest BCUT2D eigenvalue weighted by Crippen LogP contribution is -2.25. The third-order valence-electron chi connectivity index (χ3n) is 3.25. The fraction of sp³-hybridized carbons (Fsp3) is 0.400. The van der Waals surface area contributed by atoms with E-state index in [1.165, 1.54) is 0 Å². The zero-order valence-corrected chi connectivity index (χ0v) is 12.3. The maximum absolute atomic E-state index is 4.64. The van der Waals surface area contributed by atoms with E-state index >= 15 is 0 Å². The Kier molecular flexibility index (Phi) is 4.87. The molecule has 1 aromatic carbocycles. The molecule has 0 spiro atoms. The van der Waals surface area contributed by atoms with Crippen LogP contribution in [-0.2, 0) is 0 Å². The van der Waals surface area contributed by atoms with Gasteiger partial charge in [-0.3, -0.25) is 0 Å². The first-order valence-electron chi connectivity index (χ1n) is 7.07. The summed E-state index contributed by atoms with van der Waals surface area (Å²) in [6.45, 7) is 8.92. The van der Waals surface area contributed by atoms with Crippen LogP contribution in [0.3, 0.4) is 0 Å². The van der Waals surface area contributed by atoms with Gasteiger partial charge in [0.2, 0.25) is 0 Å². The summed E-state index contributed by atoms with van der Waals surface area (Å²) < 4.78 is 0. The van der Waals surface area contributed by atoms with Crippen molar-refractivity contribution >= 4 is 17.5 Å². The molecular formula is C15H21N5. The largest absolute Gasteiger partial charge is 0.356 e. The molecule has 20 heavy (non-hydrogen) atoms. The Morgan fingerprint density at radius 1 is 0.950 bits per heavy atom. The minimum absolute atomic E-state index is 0.642. The molecule has 0 aliphatic heterocycles. The summed E-state index contributed by atoms with van der Waals surface area (Å²) in [5, 5.41) is 8.28. The van der Waals surface area contributed by atoms with Gasteiger partial charge in [-0.2, -0.15) is 10.1 Å². The molecule has 0 saturated carbocycles. The molecular weight excluding hydrogens is 250 g/mol. The van der Waals surface area contributed by atoms with E-state index in [9.17, 15) is 0 Å². The van der Waals surface area contributed by atoms with E-state index in [1.54, 1.807) is 6.20 Å². The van der Waals surface area contributed by atoms with Crippen molar-refractivity contribution in [2.45, 2.75) is 20.8 Å². The minimum atomic E-state index is 0.642. The second-order valence-corrected chi connectivity index (χ2v) is 4.37. The SMILES string of the molecule is CCN(CC)c1cnnc(N(CC)c2ccccc2)n1. The van der Waals surface area contributed by atoms with Crippen LogP contribution >= 0.6 is 0 Å². The quantitative estimate of drug-likeness (QED) is 0.808. The van der Waals surface area contributed by atoms with Crippen molar-refractivity contribution in [3.8, 4) is 0 Å². The normalized spacial score (nSPS) is 10.3. The van der Waals surface area contributed by atoms with Crippen molar-refractivity contribution in [3.05, 3.63) is 36.5 Å². The van der Waals surface area contributed by atoms with Gasteiger partial charge in [-0.05, 0) is 32.9 Å². The molecule has 2 rings (SSSR count). The van der Waals surface area contributed by atoms with Gasteiger partial charge in [0, 0.05) is 25.3 Å². The lowest BCUT2D eigenvalue weighted by atomic mass is 10.3. The van der Waals surface area contributed by atoms with Crippen LogP contribution in [0.5, 0.6) is 0 Å². The van der Waals surface area contributed by atoms with Crippen molar-refractivity contribution in [2.75, 3.05) is 29.4 Å². The first-order valence-corrected chi connectivity index (χ1v) is 7.07. The van der Waals surface area contributed by atoms with Crippen molar-refractivity contribution in [1.82, 2.24) is 15.2 Å². The van der Waals surface area contributed by atoms with Crippen LogP contribution in [0.15, 0.2) is 36.5 Å². The van der Waals surface area contributed by atoms with Crippen LogP contribution in [0.4, 0.5) is 17.5 Å². The molecule has 0 N–H and O–H groups in total. The lowest BCUT2D eigenvalue weighted by molar-refractivity contribution is 0.810. The molecule has 0 fully saturated rings. The number of anilines is 3. The number of rotatable bonds is 6. The molecule has 0 bridgehead atoms. The lowest BCUT2D eigenvalue weighted by Gasteiger charge is -2.23. The Labute approximate surface area is 120 Å². The highest BCUT2D eigenvalue weighted by Crippen LogP contribution is 2.22. The number of aromatic nitrogens is 3. The second-order valence-electron chi connectivity index (χ2n) is 4.37. The average Bonchev–Trinajstić information content (AvgIpc) is 2.51. The standard InChI is InChI=1S/C15H21N5/c1-4-19(5-2)14-12-16-18-15(17-14)20(6-3)13-10-8-7-9-11-13/h7-12H,4-6H2,1-3H3. The van der Waals surface area contributed by atoms with Gasteiger partial charge in [-0.15, -0.1) is 5.10 Å². The molecule has 0 unspecified atom stereocenters. The van der Waals surface area contributed by atoms with Crippen LogP contribution in [0.1, 0.15) is 20.8 Å². The van der Waals surface area contributed by atoms with Gasteiger partial charge in [-0.1, -0.05) is 18.2 Å². The van der Waals surface area contributed by atoms with Gasteiger partial charge in [0.1, 0.15) is 0 Å². The smallest absolute Gasteiger partial charge is 0.251 e. The number of nitrogens with zero attached hydrogens (tertiary/aromatic N) is 5. The van der Waals surface area contributed by atoms with Crippen molar-refractivity contribution in [3.63, 3.8) is 0 Å². The van der Waals surface area contributed by atoms with Crippen molar-refractivity contribution in [2.24, 2.45) is 0 Å². The van der Waals surface area contributed by atoms with E-state index in [2.05, 4.69) is 57.9 Å². The third kappa shape index (κ3) is 3.04. The van der Waals surface area contributed by atoms with Gasteiger partial charge in [0.25, 0.3) is 5.95 Å². The number of hydrogen-bond acceptors (Lipinski definition) is 5. The molecule has 106 valence electrons. The number of para-hydroxylation sites is 1. The van der Waals surface area contributed by atoms with Crippen LogP contribution < -0.4 is 9.80 Å². The van der Waals surface area contributed by atoms with Gasteiger partial charge < -0.3 is 9.80 Å². The molecule has 1 heterocycles. The van der Waals surface area contributed by atoms with E-state index in [-0.39, 0.29) is 0 Å². The summed E-state index contributed by atoms with van der Waals surface area (Å²) in [5.41, 5.74) is 1.08. The average molecular weight is 271 g/mol. The molecule has 1 aromatic heterocycles. The van der Waals surface area contributed by atoms with Crippen LogP contribution in [0.2, 0.25) is 0 Å². The molecule has 0 aliphatic rings. The van der Waals surface area contributed by atoms with Gasteiger partial charge in [-0.25, -0.2) is 0 Å². The Morgan fingerprint density at radius 3 is 2.25 bits per heavy atom.